The smallest absolute Gasteiger partial charge is 0.141 e. The monoisotopic (exact) mass is 201 g/mol. The number of carbonyl (C=O) groups excluding carboxylic acids is 1. The molecule has 1 heterocycles. The Hall–Kier alpha value is -1.15. The standard InChI is InChI=1S/C13H15NO/c15-12-6-7-13(12)9-14(10-13)8-11-4-2-1-3-5-11/h1-5H,6-10H2. The summed E-state index contributed by atoms with van der Waals surface area (Å²) in [6.45, 7) is 2.97. The van der Waals surface area contributed by atoms with Crippen molar-refractivity contribution in [1.29, 1.82) is 0 Å². The Balaban J connectivity index is 1.58. The van der Waals surface area contributed by atoms with E-state index in [4.69, 9.17) is 0 Å². The molecule has 0 unspecified atom stereocenters. The van der Waals surface area contributed by atoms with Crippen LogP contribution < -0.4 is 0 Å². The summed E-state index contributed by atoms with van der Waals surface area (Å²) < 4.78 is 0. The van der Waals surface area contributed by atoms with Gasteiger partial charge in [-0.3, -0.25) is 9.69 Å². The van der Waals surface area contributed by atoms with Crippen LogP contribution in [0, 0.1) is 5.41 Å². The number of Topliss-reactive ketones (excluding diaryl/α,β-unsaturated/α-hetero) is 1. The van der Waals surface area contributed by atoms with Crippen LogP contribution in [0.5, 0.6) is 0 Å². The predicted molar refractivity (Wildman–Crippen MR) is 58.4 cm³/mol. The molecule has 0 aromatic heterocycles. The molecule has 2 fully saturated rings. The zero-order valence-corrected chi connectivity index (χ0v) is 8.78. The first-order valence-electron chi connectivity index (χ1n) is 5.58. The first kappa shape index (κ1) is 9.10. The lowest BCUT2D eigenvalue weighted by Gasteiger charge is -2.54. The summed E-state index contributed by atoms with van der Waals surface area (Å²) >= 11 is 0. The zero-order valence-electron chi connectivity index (χ0n) is 8.78. The summed E-state index contributed by atoms with van der Waals surface area (Å²) in [5, 5.41) is 0. The lowest BCUT2D eigenvalue weighted by molar-refractivity contribution is -0.154. The normalized spacial score (nSPS) is 23.6. The Labute approximate surface area is 89.9 Å². The SMILES string of the molecule is O=C1CCC12CN(Cc1ccccc1)C2. The molecule has 1 aromatic rings. The number of ketones is 1. The molecule has 1 aromatic carbocycles. The fourth-order valence-electron chi connectivity index (χ4n) is 2.68. The first-order chi connectivity index (χ1) is 7.28. The molecular formula is C13H15NO. The summed E-state index contributed by atoms with van der Waals surface area (Å²) in [7, 11) is 0. The van der Waals surface area contributed by atoms with Gasteiger partial charge in [0.25, 0.3) is 0 Å². The molecule has 1 spiro atoms. The third kappa shape index (κ3) is 1.40. The average molecular weight is 201 g/mol. The van der Waals surface area contributed by atoms with Gasteiger partial charge in [-0.1, -0.05) is 30.3 Å². The number of carbonyl (C=O) groups is 1. The topological polar surface area (TPSA) is 20.3 Å². The van der Waals surface area contributed by atoms with Gasteiger partial charge in [0.05, 0.1) is 5.41 Å². The lowest BCUT2D eigenvalue weighted by atomic mass is 9.62. The van der Waals surface area contributed by atoms with Crippen molar-refractivity contribution in [3.63, 3.8) is 0 Å². The highest BCUT2D eigenvalue weighted by molar-refractivity contribution is 5.91. The largest absolute Gasteiger partial charge is 0.299 e. The molecule has 0 bridgehead atoms. The van der Waals surface area contributed by atoms with Crippen LogP contribution in [0.15, 0.2) is 30.3 Å². The minimum Gasteiger partial charge on any atom is -0.299 e. The number of likely N-dealkylation sites (tertiary alicyclic amines) is 1. The second-order valence-electron chi connectivity index (χ2n) is 4.83. The molecule has 1 saturated carbocycles. The maximum absolute atomic E-state index is 11.4. The average Bonchev–Trinajstić information content (AvgIpc) is 2.22. The first-order valence-corrected chi connectivity index (χ1v) is 5.58. The highest BCUT2D eigenvalue weighted by Crippen LogP contribution is 2.45. The summed E-state index contributed by atoms with van der Waals surface area (Å²) in [6.07, 6.45) is 1.94. The van der Waals surface area contributed by atoms with E-state index in [-0.39, 0.29) is 5.41 Å². The molecule has 2 heteroatoms. The van der Waals surface area contributed by atoms with Crippen molar-refractivity contribution >= 4 is 5.78 Å². The molecule has 2 aliphatic rings. The highest BCUT2D eigenvalue weighted by Gasteiger charge is 2.53. The number of hydrogen-bond donors (Lipinski definition) is 0. The summed E-state index contributed by atoms with van der Waals surface area (Å²) in [6, 6.07) is 10.5. The van der Waals surface area contributed by atoms with Crippen LogP contribution in [0.2, 0.25) is 0 Å². The Kier molecular flexibility index (Phi) is 1.93. The van der Waals surface area contributed by atoms with Crippen LogP contribution >= 0.6 is 0 Å². The molecule has 1 aliphatic heterocycles. The van der Waals surface area contributed by atoms with Gasteiger partial charge in [-0.15, -0.1) is 0 Å². The maximum Gasteiger partial charge on any atom is 0.141 e. The van der Waals surface area contributed by atoms with Gasteiger partial charge in [-0.25, -0.2) is 0 Å². The maximum atomic E-state index is 11.4. The minimum absolute atomic E-state index is 0.0920. The van der Waals surface area contributed by atoms with Gasteiger partial charge in [0.2, 0.25) is 0 Å². The quantitative estimate of drug-likeness (QED) is 0.728. The summed E-state index contributed by atoms with van der Waals surface area (Å²) in [4.78, 5) is 13.8. The molecule has 0 amide bonds. The van der Waals surface area contributed by atoms with Crippen molar-refractivity contribution in [3.05, 3.63) is 35.9 Å². The molecule has 2 nitrogen and oxygen atoms in total. The molecule has 0 atom stereocenters. The van der Waals surface area contributed by atoms with Crippen molar-refractivity contribution < 1.29 is 4.79 Å². The Morgan fingerprint density at radius 1 is 1.20 bits per heavy atom. The van der Waals surface area contributed by atoms with E-state index in [1.54, 1.807) is 0 Å². The number of hydrogen-bond acceptors (Lipinski definition) is 2. The van der Waals surface area contributed by atoms with Crippen LogP contribution in [0.25, 0.3) is 0 Å². The van der Waals surface area contributed by atoms with E-state index < -0.39 is 0 Å². The second-order valence-corrected chi connectivity index (χ2v) is 4.83. The van der Waals surface area contributed by atoms with Crippen LogP contribution in [0.1, 0.15) is 18.4 Å². The highest BCUT2D eigenvalue weighted by atomic mass is 16.1. The molecule has 1 aliphatic carbocycles. The van der Waals surface area contributed by atoms with Crippen LogP contribution in [0.3, 0.4) is 0 Å². The van der Waals surface area contributed by atoms with E-state index in [9.17, 15) is 4.79 Å². The number of rotatable bonds is 2. The molecular weight excluding hydrogens is 186 g/mol. The molecule has 3 rings (SSSR count). The van der Waals surface area contributed by atoms with Gasteiger partial charge in [-0.05, 0) is 12.0 Å². The second kappa shape index (κ2) is 3.17. The fraction of sp³-hybridized carbons (Fsp3) is 0.462. The molecule has 1 saturated heterocycles. The number of nitrogens with zero attached hydrogens (tertiary/aromatic N) is 1. The molecule has 0 radical (unpaired) electrons. The summed E-state index contributed by atoms with van der Waals surface area (Å²) in [5.41, 5.74) is 1.44. The van der Waals surface area contributed by atoms with Crippen molar-refractivity contribution in [2.45, 2.75) is 19.4 Å². The van der Waals surface area contributed by atoms with Gasteiger partial charge >= 0.3 is 0 Å². The van der Waals surface area contributed by atoms with E-state index in [0.717, 1.165) is 32.5 Å². The Morgan fingerprint density at radius 2 is 1.93 bits per heavy atom. The van der Waals surface area contributed by atoms with Gasteiger partial charge in [-0.2, -0.15) is 0 Å². The van der Waals surface area contributed by atoms with E-state index >= 15 is 0 Å². The van der Waals surface area contributed by atoms with E-state index in [2.05, 4.69) is 29.2 Å². The number of benzene rings is 1. The summed E-state index contributed by atoms with van der Waals surface area (Å²) in [5.74, 6) is 0.492. The Bertz CT molecular complexity index is 379. The molecule has 15 heavy (non-hydrogen) atoms. The van der Waals surface area contributed by atoms with E-state index in [0.29, 0.717) is 5.78 Å². The van der Waals surface area contributed by atoms with Crippen molar-refractivity contribution in [2.24, 2.45) is 5.41 Å². The van der Waals surface area contributed by atoms with Crippen molar-refractivity contribution in [2.75, 3.05) is 13.1 Å². The molecule has 78 valence electrons. The van der Waals surface area contributed by atoms with Crippen molar-refractivity contribution in [3.8, 4) is 0 Å². The van der Waals surface area contributed by atoms with Gasteiger partial charge in [0.1, 0.15) is 5.78 Å². The molecule has 0 N–H and O–H groups in total. The lowest BCUT2D eigenvalue weighted by Crippen LogP contribution is -2.64. The predicted octanol–water partition coefficient (Wildman–Crippen LogP) is 1.85. The van der Waals surface area contributed by atoms with Crippen LogP contribution in [0.4, 0.5) is 0 Å². The van der Waals surface area contributed by atoms with Gasteiger partial charge in [0, 0.05) is 26.1 Å². The third-order valence-electron chi connectivity index (χ3n) is 3.72. The van der Waals surface area contributed by atoms with E-state index in [1.165, 1.54) is 5.56 Å². The van der Waals surface area contributed by atoms with Crippen molar-refractivity contribution in [1.82, 2.24) is 4.90 Å². The minimum atomic E-state index is 0.0920. The van der Waals surface area contributed by atoms with Crippen LogP contribution in [-0.2, 0) is 11.3 Å². The zero-order chi connectivity index (χ0) is 10.3. The third-order valence-corrected chi connectivity index (χ3v) is 3.72. The van der Waals surface area contributed by atoms with E-state index in [1.807, 2.05) is 6.07 Å². The van der Waals surface area contributed by atoms with Gasteiger partial charge < -0.3 is 0 Å². The van der Waals surface area contributed by atoms with Crippen LogP contribution in [-0.4, -0.2) is 23.8 Å². The Morgan fingerprint density at radius 3 is 2.47 bits per heavy atom. The fourth-order valence-corrected chi connectivity index (χ4v) is 2.68. The van der Waals surface area contributed by atoms with Gasteiger partial charge in [0.15, 0.2) is 0 Å².